The molecule has 2 aromatic carbocycles. The summed E-state index contributed by atoms with van der Waals surface area (Å²) in [6.07, 6.45) is 1.02. The molecule has 2 aromatic rings. The van der Waals surface area contributed by atoms with Crippen LogP contribution < -0.4 is 4.74 Å². The Morgan fingerprint density at radius 2 is 1.70 bits per heavy atom. The predicted octanol–water partition coefficient (Wildman–Crippen LogP) is 3.46. The van der Waals surface area contributed by atoms with Gasteiger partial charge in [-0.2, -0.15) is 0 Å². The van der Waals surface area contributed by atoms with Crippen molar-refractivity contribution in [2.75, 3.05) is 0 Å². The van der Waals surface area contributed by atoms with Crippen molar-refractivity contribution in [3.05, 3.63) is 65.2 Å². The Morgan fingerprint density at radius 1 is 1.05 bits per heavy atom. The van der Waals surface area contributed by atoms with Crippen molar-refractivity contribution < 1.29 is 14.6 Å². The molecule has 3 nitrogen and oxygen atoms in total. The van der Waals surface area contributed by atoms with Gasteiger partial charge in [0.15, 0.2) is 0 Å². The minimum absolute atomic E-state index is 0.0221. The molecule has 2 rings (SSSR count). The van der Waals surface area contributed by atoms with Crippen LogP contribution in [0.3, 0.4) is 0 Å². The number of benzene rings is 2. The first kappa shape index (κ1) is 14.1. The van der Waals surface area contributed by atoms with E-state index in [-0.39, 0.29) is 6.42 Å². The summed E-state index contributed by atoms with van der Waals surface area (Å²) in [5, 5.41) is 8.89. The first-order valence-corrected chi connectivity index (χ1v) is 6.69. The summed E-state index contributed by atoms with van der Waals surface area (Å²) in [5.74, 6) is -0.0305. The highest BCUT2D eigenvalue weighted by atomic mass is 16.5. The number of hydrogen-bond acceptors (Lipinski definition) is 2. The van der Waals surface area contributed by atoms with Crippen LogP contribution in [-0.4, -0.2) is 11.1 Å². The van der Waals surface area contributed by atoms with E-state index < -0.39 is 5.97 Å². The van der Waals surface area contributed by atoms with Crippen molar-refractivity contribution in [2.24, 2.45) is 0 Å². The maximum Gasteiger partial charge on any atom is 0.307 e. The number of carboxylic acid groups (broad SMARTS) is 1. The molecular formula is C17H18O3. The summed E-state index contributed by atoms with van der Waals surface area (Å²) in [6, 6.07) is 15.4. The third kappa shape index (κ3) is 3.85. The van der Waals surface area contributed by atoms with Gasteiger partial charge < -0.3 is 9.84 Å². The molecule has 0 spiro atoms. The number of aryl methyl sites for hydroxylation is 1. The molecule has 1 N–H and O–H groups in total. The summed E-state index contributed by atoms with van der Waals surface area (Å²) >= 11 is 0. The lowest BCUT2D eigenvalue weighted by Gasteiger charge is -2.10. The molecule has 0 heterocycles. The van der Waals surface area contributed by atoms with E-state index in [0.717, 1.165) is 23.3 Å². The second kappa shape index (κ2) is 6.75. The van der Waals surface area contributed by atoms with Gasteiger partial charge in [-0.1, -0.05) is 43.3 Å². The number of aliphatic carboxylic acids is 1. The number of hydrogen-bond donors (Lipinski definition) is 1. The molecule has 0 unspecified atom stereocenters. The predicted molar refractivity (Wildman–Crippen MR) is 77.9 cm³/mol. The highest BCUT2D eigenvalue weighted by molar-refractivity contribution is 5.70. The number of ether oxygens (including phenoxy) is 1. The van der Waals surface area contributed by atoms with E-state index in [0.29, 0.717) is 6.61 Å². The Bertz CT molecular complexity index is 573. The molecule has 0 amide bonds. The summed E-state index contributed by atoms with van der Waals surface area (Å²) in [5.41, 5.74) is 2.98. The molecule has 0 aromatic heterocycles. The molecule has 0 saturated carbocycles. The summed E-state index contributed by atoms with van der Waals surface area (Å²) in [7, 11) is 0. The monoisotopic (exact) mass is 270 g/mol. The zero-order chi connectivity index (χ0) is 14.4. The average molecular weight is 270 g/mol. The fourth-order valence-corrected chi connectivity index (χ4v) is 2.02. The standard InChI is InChI=1S/C17H18O3/c1-2-13-7-9-16(10-8-13)20-12-15-6-4-3-5-14(15)11-17(18)19/h3-10H,2,11-12H2,1H3,(H,18,19). The van der Waals surface area contributed by atoms with Gasteiger partial charge in [-0.25, -0.2) is 0 Å². The van der Waals surface area contributed by atoms with Crippen molar-refractivity contribution in [1.82, 2.24) is 0 Å². The fraction of sp³-hybridized carbons (Fsp3) is 0.235. The summed E-state index contributed by atoms with van der Waals surface area (Å²) in [4.78, 5) is 10.8. The van der Waals surface area contributed by atoms with Gasteiger partial charge in [0.2, 0.25) is 0 Å². The van der Waals surface area contributed by atoms with Crippen molar-refractivity contribution in [3.8, 4) is 5.75 Å². The van der Waals surface area contributed by atoms with Crippen molar-refractivity contribution in [3.63, 3.8) is 0 Å². The van der Waals surface area contributed by atoms with Crippen LogP contribution >= 0.6 is 0 Å². The number of carboxylic acids is 1. The second-order valence-electron chi connectivity index (χ2n) is 4.63. The molecular weight excluding hydrogens is 252 g/mol. The van der Waals surface area contributed by atoms with Crippen LogP contribution in [-0.2, 0) is 24.2 Å². The van der Waals surface area contributed by atoms with Crippen LogP contribution in [0.4, 0.5) is 0 Å². The van der Waals surface area contributed by atoms with E-state index in [1.54, 1.807) is 0 Å². The van der Waals surface area contributed by atoms with E-state index in [1.807, 2.05) is 48.5 Å². The Morgan fingerprint density at radius 3 is 2.30 bits per heavy atom. The van der Waals surface area contributed by atoms with Crippen molar-refractivity contribution >= 4 is 5.97 Å². The molecule has 0 aliphatic heterocycles. The van der Waals surface area contributed by atoms with Gasteiger partial charge >= 0.3 is 5.97 Å². The second-order valence-corrected chi connectivity index (χ2v) is 4.63. The van der Waals surface area contributed by atoms with Crippen molar-refractivity contribution in [1.29, 1.82) is 0 Å². The maximum absolute atomic E-state index is 10.8. The number of carbonyl (C=O) groups is 1. The van der Waals surface area contributed by atoms with Crippen LogP contribution in [0.15, 0.2) is 48.5 Å². The molecule has 104 valence electrons. The summed E-state index contributed by atoms with van der Waals surface area (Å²) in [6.45, 7) is 2.49. The van der Waals surface area contributed by atoms with E-state index in [1.165, 1.54) is 5.56 Å². The minimum atomic E-state index is -0.829. The zero-order valence-electron chi connectivity index (χ0n) is 11.5. The van der Waals surface area contributed by atoms with Crippen LogP contribution in [0.5, 0.6) is 5.75 Å². The van der Waals surface area contributed by atoms with E-state index in [9.17, 15) is 4.79 Å². The van der Waals surface area contributed by atoms with Crippen LogP contribution in [0.25, 0.3) is 0 Å². The van der Waals surface area contributed by atoms with Crippen LogP contribution in [0.1, 0.15) is 23.6 Å². The van der Waals surface area contributed by atoms with Gasteiger partial charge in [0.25, 0.3) is 0 Å². The van der Waals surface area contributed by atoms with Crippen molar-refractivity contribution in [2.45, 2.75) is 26.4 Å². The quantitative estimate of drug-likeness (QED) is 0.874. The normalized spacial score (nSPS) is 10.2. The molecule has 3 heteroatoms. The molecule has 0 bridgehead atoms. The lowest BCUT2D eigenvalue weighted by Crippen LogP contribution is -2.05. The zero-order valence-corrected chi connectivity index (χ0v) is 11.5. The third-order valence-electron chi connectivity index (χ3n) is 3.19. The van der Waals surface area contributed by atoms with Gasteiger partial charge in [-0.3, -0.25) is 4.79 Å². The Balaban J connectivity index is 2.04. The van der Waals surface area contributed by atoms with E-state index >= 15 is 0 Å². The van der Waals surface area contributed by atoms with Crippen LogP contribution in [0.2, 0.25) is 0 Å². The van der Waals surface area contributed by atoms with Gasteiger partial charge in [0.05, 0.1) is 6.42 Å². The Hall–Kier alpha value is -2.29. The van der Waals surface area contributed by atoms with Crippen LogP contribution in [0, 0.1) is 0 Å². The topological polar surface area (TPSA) is 46.5 Å². The van der Waals surface area contributed by atoms with E-state index in [4.69, 9.17) is 9.84 Å². The van der Waals surface area contributed by atoms with Gasteiger partial charge in [-0.05, 0) is 35.2 Å². The number of rotatable bonds is 6. The molecule has 0 saturated heterocycles. The summed E-state index contributed by atoms with van der Waals surface area (Å²) < 4.78 is 5.72. The van der Waals surface area contributed by atoms with E-state index in [2.05, 4.69) is 6.92 Å². The Labute approximate surface area is 118 Å². The molecule has 0 fully saturated rings. The average Bonchev–Trinajstić information content (AvgIpc) is 2.46. The molecule has 0 atom stereocenters. The van der Waals surface area contributed by atoms with Gasteiger partial charge in [-0.15, -0.1) is 0 Å². The molecule has 20 heavy (non-hydrogen) atoms. The highest BCUT2D eigenvalue weighted by Crippen LogP contribution is 2.16. The smallest absolute Gasteiger partial charge is 0.307 e. The molecule has 0 radical (unpaired) electrons. The molecule has 0 aliphatic rings. The van der Waals surface area contributed by atoms with Gasteiger partial charge in [0, 0.05) is 0 Å². The van der Waals surface area contributed by atoms with Gasteiger partial charge in [0.1, 0.15) is 12.4 Å². The lowest BCUT2D eigenvalue weighted by molar-refractivity contribution is -0.136. The lowest BCUT2D eigenvalue weighted by atomic mass is 10.1. The maximum atomic E-state index is 10.8. The first-order valence-electron chi connectivity index (χ1n) is 6.69. The largest absolute Gasteiger partial charge is 0.489 e. The highest BCUT2D eigenvalue weighted by Gasteiger charge is 2.06. The third-order valence-corrected chi connectivity index (χ3v) is 3.19. The first-order chi connectivity index (χ1) is 9.69. The Kier molecular flexibility index (Phi) is 4.77. The minimum Gasteiger partial charge on any atom is -0.489 e. The fourth-order valence-electron chi connectivity index (χ4n) is 2.02. The molecule has 0 aliphatic carbocycles. The SMILES string of the molecule is CCc1ccc(OCc2ccccc2CC(=O)O)cc1.